The summed E-state index contributed by atoms with van der Waals surface area (Å²) in [7, 11) is -3.05. The van der Waals surface area contributed by atoms with Crippen LogP contribution in [0.1, 0.15) is 72.6 Å². The van der Waals surface area contributed by atoms with Gasteiger partial charge in [-0.1, -0.05) is 57.6 Å². The molecule has 0 aliphatic rings. The standard InChI is InChI=1S/C16H33O3P/c1-6-9-10-11-12-13-14-16(15(4)5)20(17,18-7-2)19-8-3/h16H,4,6-14H2,1-3,5H3. The molecule has 120 valence electrons. The van der Waals surface area contributed by atoms with E-state index in [1.807, 2.05) is 20.8 Å². The van der Waals surface area contributed by atoms with Gasteiger partial charge in [-0.15, -0.1) is 0 Å². The summed E-state index contributed by atoms with van der Waals surface area (Å²) in [5.41, 5.74) is 0.748. The van der Waals surface area contributed by atoms with Gasteiger partial charge in [0.1, 0.15) is 0 Å². The van der Waals surface area contributed by atoms with Crippen molar-refractivity contribution in [3.05, 3.63) is 12.2 Å². The van der Waals surface area contributed by atoms with Gasteiger partial charge in [0.25, 0.3) is 0 Å². The van der Waals surface area contributed by atoms with Crippen LogP contribution < -0.4 is 0 Å². The van der Waals surface area contributed by atoms with E-state index in [9.17, 15) is 4.57 Å². The summed E-state index contributed by atoms with van der Waals surface area (Å²) in [5.74, 6) is 0. The molecule has 1 atom stereocenters. The zero-order valence-electron chi connectivity index (χ0n) is 13.8. The Labute approximate surface area is 125 Å². The second kappa shape index (κ2) is 11.5. The predicted octanol–water partition coefficient (Wildman–Crippen LogP) is 5.95. The lowest BCUT2D eigenvalue weighted by molar-refractivity contribution is 0.213. The number of hydrogen-bond acceptors (Lipinski definition) is 3. The minimum absolute atomic E-state index is 0.159. The molecule has 0 radical (unpaired) electrons. The molecule has 0 aromatic heterocycles. The highest BCUT2D eigenvalue weighted by molar-refractivity contribution is 7.54. The topological polar surface area (TPSA) is 35.5 Å². The van der Waals surface area contributed by atoms with Crippen LogP contribution in [-0.4, -0.2) is 18.9 Å². The Balaban J connectivity index is 4.39. The zero-order valence-corrected chi connectivity index (χ0v) is 14.7. The van der Waals surface area contributed by atoms with Crippen molar-refractivity contribution in [2.45, 2.75) is 78.3 Å². The fourth-order valence-electron chi connectivity index (χ4n) is 2.37. The fraction of sp³-hybridized carbons (Fsp3) is 0.875. The molecule has 4 heteroatoms. The summed E-state index contributed by atoms with van der Waals surface area (Å²) in [6.07, 6.45) is 8.21. The van der Waals surface area contributed by atoms with E-state index in [0.717, 1.165) is 18.4 Å². The molecule has 0 spiro atoms. The van der Waals surface area contributed by atoms with Crippen molar-refractivity contribution < 1.29 is 13.6 Å². The van der Waals surface area contributed by atoms with Crippen LogP contribution in [0.25, 0.3) is 0 Å². The van der Waals surface area contributed by atoms with Crippen LogP contribution in [0.15, 0.2) is 12.2 Å². The highest BCUT2D eigenvalue weighted by Crippen LogP contribution is 2.56. The maximum absolute atomic E-state index is 12.8. The molecule has 0 rings (SSSR count). The molecule has 0 heterocycles. The lowest BCUT2D eigenvalue weighted by Gasteiger charge is -2.26. The summed E-state index contributed by atoms with van der Waals surface area (Å²) < 4.78 is 23.7. The van der Waals surface area contributed by atoms with Gasteiger partial charge in [-0.25, -0.2) is 0 Å². The van der Waals surface area contributed by atoms with Crippen molar-refractivity contribution in [2.24, 2.45) is 0 Å². The monoisotopic (exact) mass is 304 g/mol. The Bertz CT molecular complexity index is 292. The third-order valence-corrected chi connectivity index (χ3v) is 6.10. The summed E-state index contributed by atoms with van der Waals surface area (Å²) in [6.45, 7) is 12.7. The van der Waals surface area contributed by atoms with Crippen LogP contribution in [0, 0.1) is 0 Å². The summed E-state index contributed by atoms with van der Waals surface area (Å²) in [6, 6.07) is 0. The number of hydrogen-bond donors (Lipinski definition) is 0. The summed E-state index contributed by atoms with van der Waals surface area (Å²) in [5, 5.41) is 0. The van der Waals surface area contributed by atoms with Gasteiger partial charge in [0.15, 0.2) is 0 Å². The molecule has 0 aliphatic heterocycles. The maximum Gasteiger partial charge on any atom is 0.337 e. The minimum Gasteiger partial charge on any atom is -0.308 e. The molecule has 0 amide bonds. The van der Waals surface area contributed by atoms with Gasteiger partial charge in [-0.2, -0.15) is 0 Å². The Kier molecular flexibility index (Phi) is 11.5. The molecule has 0 N–H and O–H groups in total. The largest absolute Gasteiger partial charge is 0.337 e. The molecule has 0 aromatic rings. The third kappa shape index (κ3) is 7.61. The van der Waals surface area contributed by atoms with Crippen LogP contribution in [-0.2, 0) is 13.6 Å². The van der Waals surface area contributed by atoms with Gasteiger partial charge < -0.3 is 9.05 Å². The number of rotatable bonds is 13. The molecule has 20 heavy (non-hydrogen) atoms. The minimum atomic E-state index is -3.05. The Morgan fingerprint density at radius 1 is 1.00 bits per heavy atom. The SMILES string of the molecule is C=C(C)C(CCCCCCCC)P(=O)(OCC)OCC. The normalized spacial score (nSPS) is 13.4. The Morgan fingerprint density at radius 2 is 1.50 bits per heavy atom. The first-order valence-corrected chi connectivity index (χ1v) is 9.67. The molecular formula is C16H33O3P. The number of unbranched alkanes of at least 4 members (excludes halogenated alkanes) is 5. The first-order chi connectivity index (χ1) is 9.51. The molecule has 0 bridgehead atoms. The van der Waals surface area contributed by atoms with Crippen molar-refractivity contribution in [3.63, 3.8) is 0 Å². The quantitative estimate of drug-likeness (QED) is 0.240. The molecule has 0 aliphatic carbocycles. The van der Waals surface area contributed by atoms with E-state index in [-0.39, 0.29) is 5.66 Å². The fourth-order valence-corrected chi connectivity index (χ4v) is 4.56. The van der Waals surface area contributed by atoms with E-state index < -0.39 is 7.60 Å². The summed E-state index contributed by atoms with van der Waals surface area (Å²) in [4.78, 5) is 0. The molecule has 0 saturated carbocycles. The van der Waals surface area contributed by atoms with Crippen molar-refractivity contribution in [3.8, 4) is 0 Å². The highest BCUT2D eigenvalue weighted by Gasteiger charge is 2.35. The summed E-state index contributed by atoms with van der Waals surface area (Å²) >= 11 is 0. The van der Waals surface area contributed by atoms with Gasteiger partial charge in [0, 0.05) is 0 Å². The van der Waals surface area contributed by atoms with E-state index in [1.54, 1.807) is 0 Å². The average Bonchev–Trinajstić information content (AvgIpc) is 2.37. The van der Waals surface area contributed by atoms with Crippen LogP contribution in [0.4, 0.5) is 0 Å². The number of allylic oxidation sites excluding steroid dienone is 1. The second-order valence-corrected chi connectivity index (χ2v) is 7.51. The first kappa shape index (κ1) is 19.9. The van der Waals surface area contributed by atoms with Crippen molar-refractivity contribution in [1.82, 2.24) is 0 Å². The van der Waals surface area contributed by atoms with Crippen LogP contribution in [0.5, 0.6) is 0 Å². The van der Waals surface area contributed by atoms with Gasteiger partial charge in [-0.05, 0) is 27.2 Å². The van der Waals surface area contributed by atoms with Crippen molar-refractivity contribution in [1.29, 1.82) is 0 Å². The van der Waals surface area contributed by atoms with Crippen molar-refractivity contribution in [2.75, 3.05) is 13.2 Å². The zero-order chi connectivity index (χ0) is 15.4. The van der Waals surface area contributed by atoms with E-state index in [1.165, 1.54) is 32.1 Å². The molecule has 0 saturated heterocycles. The van der Waals surface area contributed by atoms with Gasteiger partial charge in [0.05, 0.1) is 18.9 Å². The van der Waals surface area contributed by atoms with Crippen molar-refractivity contribution >= 4 is 7.60 Å². The second-order valence-electron chi connectivity index (χ2n) is 5.29. The average molecular weight is 304 g/mol. The predicted molar refractivity (Wildman–Crippen MR) is 87.5 cm³/mol. The molecule has 3 nitrogen and oxygen atoms in total. The first-order valence-electron chi connectivity index (χ1n) is 8.06. The molecule has 0 fully saturated rings. The van der Waals surface area contributed by atoms with E-state index in [0.29, 0.717) is 13.2 Å². The lowest BCUT2D eigenvalue weighted by Crippen LogP contribution is -2.14. The lowest BCUT2D eigenvalue weighted by atomic mass is 10.1. The third-order valence-electron chi connectivity index (χ3n) is 3.40. The smallest absolute Gasteiger partial charge is 0.308 e. The van der Waals surface area contributed by atoms with Gasteiger partial charge in [-0.3, -0.25) is 4.57 Å². The van der Waals surface area contributed by atoms with Gasteiger partial charge >= 0.3 is 7.60 Å². The molecule has 1 unspecified atom stereocenters. The van der Waals surface area contributed by atoms with Crippen LogP contribution in [0.3, 0.4) is 0 Å². The van der Waals surface area contributed by atoms with E-state index in [4.69, 9.17) is 9.05 Å². The van der Waals surface area contributed by atoms with E-state index >= 15 is 0 Å². The molecule has 0 aromatic carbocycles. The van der Waals surface area contributed by atoms with E-state index in [2.05, 4.69) is 13.5 Å². The Morgan fingerprint density at radius 3 is 1.95 bits per heavy atom. The highest BCUT2D eigenvalue weighted by atomic mass is 31.2. The van der Waals surface area contributed by atoms with Gasteiger partial charge in [0.2, 0.25) is 0 Å². The molecular weight excluding hydrogens is 271 g/mol. The maximum atomic E-state index is 12.8. The van der Waals surface area contributed by atoms with Crippen LogP contribution in [0.2, 0.25) is 0 Å². The van der Waals surface area contributed by atoms with Crippen LogP contribution >= 0.6 is 7.60 Å². The Hall–Kier alpha value is -0.110.